The van der Waals surface area contributed by atoms with Crippen LogP contribution in [0.5, 0.6) is 0 Å². The van der Waals surface area contributed by atoms with Crippen LogP contribution in [-0.4, -0.2) is 37.1 Å². The first-order valence-corrected chi connectivity index (χ1v) is 10.1. The summed E-state index contributed by atoms with van der Waals surface area (Å²) in [5.74, 6) is 0.382. The monoisotopic (exact) mass is 394 g/mol. The maximum Gasteiger partial charge on any atom is 0.319 e. The molecule has 0 aliphatic carbocycles. The summed E-state index contributed by atoms with van der Waals surface area (Å²) < 4.78 is 13.4. The zero-order valence-corrected chi connectivity index (χ0v) is 16.5. The van der Waals surface area contributed by atoms with Crippen molar-refractivity contribution in [2.45, 2.75) is 25.7 Å². The molecule has 1 atom stereocenters. The van der Waals surface area contributed by atoms with Gasteiger partial charge in [-0.1, -0.05) is 18.2 Å². The van der Waals surface area contributed by atoms with E-state index in [9.17, 15) is 9.18 Å². The summed E-state index contributed by atoms with van der Waals surface area (Å²) in [5, 5.41) is 14.5. The molecule has 1 aliphatic rings. The summed E-state index contributed by atoms with van der Waals surface area (Å²) in [6, 6.07) is 15.5. The van der Waals surface area contributed by atoms with Crippen LogP contribution < -0.4 is 10.6 Å². The molecule has 1 aliphatic heterocycles. The van der Waals surface area contributed by atoms with Gasteiger partial charge in [-0.05, 0) is 80.6 Å². The molecule has 1 heterocycles. The van der Waals surface area contributed by atoms with Gasteiger partial charge in [0.1, 0.15) is 5.82 Å². The molecule has 2 N–H and O–H groups in total. The highest BCUT2D eigenvalue weighted by Crippen LogP contribution is 2.21. The molecule has 0 bridgehead atoms. The fraction of sp³-hybridized carbons (Fsp3) is 0.391. The third-order valence-electron chi connectivity index (χ3n) is 5.20. The van der Waals surface area contributed by atoms with E-state index in [-0.39, 0.29) is 11.8 Å². The molecule has 0 saturated carbocycles. The molecule has 2 aromatic rings. The number of urea groups is 1. The lowest BCUT2D eigenvalue weighted by Gasteiger charge is -2.32. The highest BCUT2D eigenvalue weighted by Gasteiger charge is 2.20. The van der Waals surface area contributed by atoms with Crippen molar-refractivity contribution in [3.63, 3.8) is 0 Å². The Morgan fingerprint density at radius 2 is 2.10 bits per heavy atom. The summed E-state index contributed by atoms with van der Waals surface area (Å²) in [6.45, 7) is 3.62. The smallest absolute Gasteiger partial charge is 0.319 e. The fourth-order valence-electron chi connectivity index (χ4n) is 3.86. The number of hydrogen-bond donors (Lipinski definition) is 2. The topological polar surface area (TPSA) is 68.2 Å². The minimum absolute atomic E-state index is 0.168. The molecule has 0 radical (unpaired) electrons. The lowest BCUT2D eigenvalue weighted by molar-refractivity contribution is 0.172. The molecule has 5 nitrogen and oxygen atoms in total. The molecule has 0 aromatic heterocycles. The minimum atomic E-state index is -0.261. The average molecular weight is 394 g/mol. The van der Waals surface area contributed by atoms with Crippen LogP contribution in [-0.2, 0) is 6.42 Å². The number of likely N-dealkylation sites (tertiary alicyclic amines) is 1. The molecule has 2 aromatic carbocycles. The molecule has 6 heteroatoms. The standard InChI is InChI=1S/C23H27FN4O/c24-21-8-1-5-18(14-21)13-20-7-3-11-28(17-20)12-4-10-26-23(29)27-22-9-2-6-19(15-22)16-25/h1-2,5-6,8-9,14-15,20H,3-4,7,10-13,17H2,(H2,26,27,29). The van der Waals surface area contributed by atoms with Gasteiger partial charge in [-0.25, -0.2) is 9.18 Å². The van der Waals surface area contributed by atoms with Gasteiger partial charge in [0.05, 0.1) is 11.6 Å². The van der Waals surface area contributed by atoms with Gasteiger partial charge in [0.15, 0.2) is 0 Å². The number of nitriles is 1. The van der Waals surface area contributed by atoms with Gasteiger partial charge in [-0.2, -0.15) is 5.26 Å². The SMILES string of the molecule is N#Cc1cccc(NC(=O)NCCCN2CCCC(Cc3cccc(F)c3)C2)c1. The van der Waals surface area contributed by atoms with Crippen molar-refractivity contribution in [3.05, 3.63) is 65.5 Å². The van der Waals surface area contributed by atoms with E-state index in [0.29, 0.717) is 23.7 Å². The molecule has 3 rings (SSSR count). The molecule has 29 heavy (non-hydrogen) atoms. The van der Waals surface area contributed by atoms with Crippen molar-refractivity contribution < 1.29 is 9.18 Å². The number of piperidine rings is 1. The van der Waals surface area contributed by atoms with Crippen molar-refractivity contribution in [3.8, 4) is 6.07 Å². The number of hydrogen-bond acceptors (Lipinski definition) is 3. The maximum atomic E-state index is 13.4. The van der Waals surface area contributed by atoms with Crippen LogP contribution in [0.2, 0.25) is 0 Å². The van der Waals surface area contributed by atoms with Crippen molar-refractivity contribution in [1.82, 2.24) is 10.2 Å². The number of amides is 2. The summed E-state index contributed by atoms with van der Waals surface area (Å²) >= 11 is 0. The van der Waals surface area contributed by atoms with E-state index in [0.717, 1.165) is 44.5 Å². The third-order valence-corrected chi connectivity index (χ3v) is 5.20. The zero-order valence-electron chi connectivity index (χ0n) is 16.5. The van der Waals surface area contributed by atoms with Gasteiger partial charge >= 0.3 is 6.03 Å². The van der Waals surface area contributed by atoms with E-state index < -0.39 is 0 Å². The van der Waals surface area contributed by atoms with Crippen LogP contribution in [0, 0.1) is 23.1 Å². The Hall–Kier alpha value is -2.91. The zero-order chi connectivity index (χ0) is 20.5. The predicted octanol–water partition coefficient (Wildman–Crippen LogP) is 4.16. The fourth-order valence-corrected chi connectivity index (χ4v) is 3.86. The normalized spacial score (nSPS) is 16.8. The van der Waals surface area contributed by atoms with E-state index in [1.54, 1.807) is 36.4 Å². The lowest BCUT2D eigenvalue weighted by Crippen LogP contribution is -2.38. The first kappa shape index (κ1) is 20.8. The van der Waals surface area contributed by atoms with Crippen molar-refractivity contribution in [2.24, 2.45) is 5.92 Å². The number of nitrogens with zero attached hydrogens (tertiary/aromatic N) is 2. The maximum absolute atomic E-state index is 13.4. The quantitative estimate of drug-likeness (QED) is 0.693. The van der Waals surface area contributed by atoms with Crippen LogP contribution in [0.1, 0.15) is 30.4 Å². The lowest BCUT2D eigenvalue weighted by atomic mass is 9.91. The Balaban J connectivity index is 1.35. The van der Waals surface area contributed by atoms with Crippen LogP contribution >= 0.6 is 0 Å². The highest BCUT2D eigenvalue weighted by molar-refractivity contribution is 5.89. The van der Waals surface area contributed by atoms with Gasteiger partial charge in [0.2, 0.25) is 0 Å². The van der Waals surface area contributed by atoms with E-state index in [2.05, 4.69) is 21.6 Å². The largest absolute Gasteiger partial charge is 0.338 e. The molecule has 1 fully saturated rings. The van der Waals surface area contributed by atoms with E-state index in [4.69, 9.17) is 5.26 Å². The van der Waals surface area contributed by atoms with Crippen LogP contribution in [0.3, 0.4) is 0 Å². The Kier molecular flexibility index (Phi) is 7.60. The number of halogens is 1. The van der Waals surface area contributed by atoms with E-state index >= 15 is 0 Å². The molecule has 2 amide bonds. The van der Waals surface area contributed by atoms with Crippen LogP contribution in [0.25, 0.3) is 0 Å². The van der Waals surface area contributed by atoms with Gasteiger partial charge < -0.3 is 15.5 Å². The summed E-state index contributed by atoms with van der Waals surface area (Å²) in [6.07, 6.45) is 4.12. The molecule has 1 saturated heterocycles. The summed E-state index contributed by atoms with van der Waals surface area (Å²) in [4.78, 5) is 14.4. The van der Waals surface area contributed by atoms with Gasteiger partial charge in [-0.15, -0.1) is 0 Å². The molecule has 1 unspecified atom stereocenters. The van der Waals surface area contributed by atoms with E-state index in [1.807, 2.05) is 6.07 Å². The Bertz CT molecular complexity index is 864. The summed E-state index contributed by atoms with van der Waals surface area (Å²) in [5.41, 5.74) is 2.19. The number of benzene rings is 2. The van der Waals surface area contributed by atoms with Crippen molar-refractivity contribution >= 4 is 11.7 Å². The van der Waals surface area contributed by atoms with Crippen molar-refractivity contribution in [1.29, 1.82) is 5.26 Å². The van der Waals surface area contributed by atoms with Gasteiger partial charge in [0.25, 0.3) is 0 Å². The van der Waals surface area contributed by atoms with Crippen LogP contribution in [0.4, 0.5) is 14.9 Å². The molecular formula is C23H27FN4O. The highest BCUT2D eigenvalue weighted by atomic mass is 19.1. The first-order chi connectivity index (χ1) is 14.1. The Labute approximate surface area is 171 Å². The molecule has 152 valence electrons. The average Bonchev–Trinajstić information content (AvgIpc) is 2.72. The number of rotatable bonds is 7. The Morgan fingerprint density at radius 3 is 2.93 bits per heavy atom. The number of carbonyl (C=O) groups is 1. The number of anilines is 1. The summed E-state index contributed by atoms with van der Waals surface area (Å²) in [7, 11) is 0. The minimum Gasteiger partial charge on any atom is -0.338 e. The first-order valence-electron chi connectivity index (χ1n) is 10.1. The second-order valence-electron chi connectivity index (χ2n) is 7.57. The second-order valence-corrected chi connectivity index (χ2v) is 7.57. The van der Waals surface area contributed by atoms with E-state index in [1.165, 1.54) is 12.5 Å². The third kappa shape index (κ3) is 6.88. The number of nitrogens with one attached hydrogen (secondary N) is 2. The predicted molar refractivity (Wildman–Crippen MR) is 112 cm³/mol. The van der Waals surface area contributed by atoms with Gasteiger partial charge in [-0.3, -0.25) is 0 Å². The second kappa shape index (κ2) is 10.6. The van der Waals surface area contributed by atoms with Crippen LogP contribution in [0.15, 0.2) is 48.5 Å². The number of carbonyl (C=O) groups excluding carboxylic acids is 1. The molecule has 0 spiro atoms. The van der Waals surface area contributed by atoms with Gasteiger partial charge in [0, 0.05) is 18.8 Å². The van der Waals surface area contributed by atoms with Crippen molar-refractivity contribution in [2.75, 3.05) is 31.5 Å². The molecular weight excluding hydrogens is 367 g/mol. The Morgan fingerprint density at radius 1 is 1.24 bits per heavy atom.